The zero-order valence-corrected chi connectivity index (χ0v) is 17.2. The number of carbonyl (C=O) groups excluding carboxylic acids is 1. The first kappa shape index (κ1) is 20.5. The molecule has 28 heavy (non-hydrogen) atoms. The van der Waals surface area contributed by atoms with Crippen molar-refractivity contribution >= 4 is 5.91 Å². The minimum Gasteiger partial charge on any atom is -0.391 e. The first-order chi connectivity index (χ1) is 13.3. The molecule has 0 spiro atoms. The number of aromatic nitrogens is 5. The number of aryl methyl sites for hydroxylation is 2. The van der Waals surface area contributed by atoms with E-state index < -0.39 is 6.10 Å². The molecule has 1 saturated carbocycles. The number of aliphatic hydroxyl groups is 1. The summed E-state index contributed by atoms with van der Waals surface area (Å²) >= 11 is 0. The topological polar surface area (TPSA) is 107 Å². The number of hydrogen-bond acceptors (Lipinski definition) is 6. The Balaban J connectivity index is 1.77. The Bertz CT molecular complexity index is 828. The maximum absolute atomic E-state index is 12.7. The van der Waals surface area contributed by atoms with Gasteiger partial charge in [0.15, 0.2) is 5.82 Å². The average molecular weight is 390 g/mol. The number of nitrogens with zero attached hydrogens (tertiary/aromatic N) is 5. The summed E-state index contributed by atoms with van der Waals surface area (Å²) in [5.41, 5.74) is 1.27. The molecule has 2 aromatic rings. The van der Waals surface area contributed by atoms with Gasteiger partial charge in [0.2, 0.25) is 0 Å². The van der Waals surface area contributed by atoms with E-state index in [-0.39, 0.29) is 23.9 Å². The molecule has 2 heterocycles. The van der Waals surface area contributed by atoms with Gasteiger partial charge in [0.25, 0.3) is 5.91 Å². The monoisotopic (exact) mass is 390 g/mol. The van der Waals surface area contributed by atoms with Gasteiger partial charge in [0.05, 0.1) is 17.8 Å². The van der Waals surface area contributed by atoms with Gasteiger partial charge in [-0.05, 0) is 46.1 Å². The van der Waals surface area contributed by atoms with Crippen molar-refractivity contribution in [1.29, 1.82) is 0 Å². The predicted octanol–water partition coefficient (Wildman–Crippen LogP) is 1.47. The summed E-state index contributed by atoms with van der Waals surface area (Å²) in [6.45, 7) is 6.34. The molecule has 9 heteroatoms. The van der Waals surface area contributed by atoms with E-state index in [1.807, 2.05) is 11.6 Å². The second kappa shape index (κ2) is 8.40. The Morgan fingerprint density at radius 3 is 2.75 bits per heavy atom. The standard InChI is InChI=1S/C19H30N6O3/c1-11(2)25-18(21-17(23-25)10-28-5)13-6-7-16(26)14(9-13)20-19(27)15-8-12(3)22-24(15)4/h8,11,13-14,16,26H,6-7,9-10H2,1-5H3,(H,20,27)/t13-,14+,16+/m0/s1. The van der Waals surface area contributed by atoms with E-state index in [4.69, 9.17) is 4.74 Å². The minimum atomic E-state index is -0.580. The molecular formula is C19H30N6O3. The second-order valence-electron chi connectivity index (χ2n) is 7.81. The van der Waals surface area contributed by atoms with E-state index in [1.165, 1.54) is 0 Å². The number of rotatable bonds is 6. The highest BCUT2D eigenvalue weighted by Crippen LogP contribution is 2.33. The Kier molecular flexibility index (Phi) is 6.14. The normalized spacial score (nSPS) is 22.6. The van der Waals surface area contributed by atoms with Crippen LogP contribution in [0.1, 0.15) is 72.9 Å². The second-order valence-corrected chi connectivity index (χ2v) is 7.81. The Morgan fingerprint density at radius 2 is 2.14 bits per heavy atom. The number of ether oxygens (including phenoxy) is 1. The lowest BCUT2D eigenvalue weighted by atomic mass is 9.83. The van der Waals surface area contributed by atoms with Gasteiger partial charge in [0.1, 0.15) is 18.1 Å². The van der Waals surface area contributed by atoms with E-state index in [1.54, 1.807) is 24.9 Å². The molecule has 1 fully saturated rings. The first-order valence-corrected chi connectivity index (χ1v) is 9.74. The smallest absolute Gasteiger partial charge is 0.269 e. The Labute approximate surface area is 165 Å². The molecule has 1 aliphatic rings. The molecular weight excluding hydrogens is 360 g/mol. The number of aliphatic hydroxyl groups excluding tert-OH is 1. The minimum absolute atomic E-state index is 0.113. The van der Waals surface area contributed by atoms with Crippen LogP contribution in [0.25, 0.3) is 0 Å². The number of methoxy groups -OCH3 is 1. The lowest BCUT2D eigenvalue weighted by Gasteiger charge is -2.33. The third-order valence-electron chi connectivity index (χ3n) is 5.19. The summed E-state index contributed by atoms with van der Waals surface area (Å²) < 4.78 is 8.66. The van der Waals surface area contributed by atoms with Gasteiger partial charge in [-0.15, -0.1) is 0 Å². The van der Waals surface area contributed by atoms with Crippen LogP contribution in [-0.4, -0.2) is 54.8 Å². The van der Waals surface area contributed by atoms with Crippen LogP contribution in [0.2, 0.25) is 0 Å². The third kappa shape index (κ3) is 4.25. The molecule has 0 radical (unpaired) electrons. The van der Waals surface area contributed by atoms with Crippen LogP contribution in [0, 0.1) is 6.92 Å². The largest absolute Gasteiger partial charge is 0.391 e. The highest BCUT2D eigenvalue weighted by atomic mass is 16.5. The van der Waals surface area contributed by atoms with Crippen LogP contribution in [0.4, 0.5) is 0 Å². The summed E-state index contributed by atoms with van der Waals surface area (Å²) in [6.07, 6.45) is 1.44. The molecule has 1 aliphatic carbocycles. The van der Waals surface area contributed by atoms with Crippen molar-refractivity contribution in [2.24, 2.45) is 7.05 Å². The molecule has 0 bridgehead atoms. The third-order valence-corrected chi connectivity index (χ3v) is 5.19. The first-order valence-electron chi connectivity index (χ1n) is 9.74. The van der Waals surface area contributed by atoms with Crippen molar-refractivity contribution in [3.8, 4) is 0 Å². The van der Waals surface area contributed by atoms with E-state index in [0.717, 1.165) is 17.9 Å². The molecule has 1 amide bonds. The molecule has 0 aromatic carbocycles. The molecule has 9 nitrogen and oxygen atoms in total. The van der Waals surface area contributed by atoms with E-state index in [9.17, 15) is 9.90 Å². The maximum atomic E-state index is 12.7. The Morgan fingerprint density at radius 1 is 1.39 bits per heavy atom. The fourth-order valence-electron chi connectivity index (χ4n) is 3.84. The van der Waals surface area contributed by atoms with E-state index >= 15 is 0 Å². The molecule has 2 N–H and O–H groups in total. The lowest BCUT2D eigenvalue weighted by Crippen LogP contribution is -2.47. The summed E-state index contributed by atoms with van der Waals surface area (Å²) in [7, 11) is 3.36. The Hall–Kier alpha value is -2.26. The van der Waals surface area contributed by atoms with Gasteiger partial charge in [-0.2, -0.15) is 10.2 Å². The fourth-order valence-corrected chi connectivity index (χ4v) is 3.84. The lowest BCUT2D eigenvalue weighted by molar-refractivity contribution is 0.0661. The van der Waals surface area contributed by atoms with Gasteiger partial charge < -0.3 is 15.2 Å². The number of amides is 1. The SMILES string of the molecule is COCc1nc([C@H]2CC[C@@H](O)[C@H](NC(=O)c3cc(C)nn3C)C2)n(C(C)C)n1. The molecule has 2 aromatic heterocycles. The summed E-state index contributed by atoms with van der Waals surface area (Å²) in [5.74, 6) is 1.44. The highest BCUT2D eigenvalue weighted by Gasteiger charge is 2.34. The van der Waals surface area contributed by atoms with Crippen LogP contribution in [-0.2, 0) is 18.4 Å². The van der Waals surface area contributed by atoms with Gasteiger partial charge in [-0.3, -0.25) is 9.48 Å². The summed E-state index contributed by atoms with van der Waals surface area (Å²) in [6, 6.07) is 1.57. The summed E-state index contributed by atoms with van der Waals surface area (Å²) in [5, 5.41) is 22.2. The van der Waals surface area contributed by atoms with Crippen molar-refractivity contribution in [3.63, 3.8) is 0 Å². The van der Waals surface area contributed by atoms with Crippen molar-refractivity contribution < 1.29 is 14.6 Å². The maximum Gasteiger partial charge on any atom is 0.269 e. The van der Waals surface area contributed by atoms with Crippen LogP contribution in [0.5, 0.6) is 0 Å². The predicted molar refractivity (Wildman–Crippen MR) is 103 cm³/mol. The van der Waals surface area contributed by atoms with Gasteiger partial charge in [-0.1, -0.05) is 0 Å². The molecule has 0 unspecified atom stereocenters. The van der Waals surface area contributed by atoms with Crippen LogP contribution in [0.3, 0.4) is 0 Å². The van der Waals surface area contributed by atoms with Crippen LogP contribution >= 0.6 is 0 Å². The van der Waals surface area contributed by atoms with Crippen LogP contribution in [0.15, 0.2) is 6.07 Å². The fraction of sp³-hybridized carbons (Fsp3) is 0.684. The van der Waals surface area contributed by atoms with Gasteiger partial charge in [-0.25, -0.2) is 9.67 Å². The molecule has 0 aliphatic heterocycles. The van der Waals surface area contributed by atoms with Crippen LogP contribution < -0.4 is 5.32 Å². The molecule has 3 atom stereocenters. The molecule has 3 rings (SSSR count). The number of nitrogens with one attached hydrogen (secondary N) is 1. The zero-order valence-electron chi connectivity index (χ0n) is 17.2. The van der Waals surface area contributed by atoms with E-state index in [0.29, 0.717) is 31.0 Å². The van der Waals surface area contributed by atoms with Gasteiger partial charge in [0, 0.05) is 26.1 Å². The average Bonchev–Trinajstić information content (AvgIpc) is 3.20. The van der Waals surface area contributed by atoms with Gasteiger partial charge >= 0.3 is 0 Å². The van der Waals surface area contributed by atoms with Crippen molar-refractivity contribution in [3.05, 3.63) is 29.1 Å². The zero-order chi connectivity index (χ0) is 20.4. The molecule has 0 saturated heterocycles. The highest BCUT2D eigenvalue weighted by molar-refractivity contribution is 5.92. The van der Waals surface area contributed by atoms with Crippen molar-refractivity contribution in [2.45, 2.75) is 70.7 Å². The summed E-state index contributed by atoms with van der Waals surface area (Å²) in [4.78, 5) is 17.3. The van der Waals surface area contributed by atoms with Crippen molar-refractivity contribution in [2.75, 3.05) is 7.11 Å². The number of carbonyl (C=O) groups is 1. The molecule has 154 valence electrons. The number of hydrogen-bond donors (Lipinski definition) is 2. The van der Waals surface area contributed by atoms with Crippen molar-refractivity contribution in [1.82, 2.24) is 29.9 Å². The quantitative estimate of drug-likeness (QED) is 0.774. The van der Waals surface area contributed by atoms with E-state index in [2.05, 4.69) is 34.3 Å².